The van der Waals surface area contributed by atoms with Crippen LogP contribution in [-0.4, -0.2) is 42.1 Å². The van der Waals surface area contributed by atoms with E-state index in [1.807, 2.05) is 19.0 Å². The van der Waals surface area contributed by atoms with E-state index in [0.717, 1.165) is 4.47 Å². The number of hydrogen-bond donors (Lipinski definition) is 1. The zero-order valence-electron chi connectivity index (χ0n) is 11.5. The second-order valence-corrected chi connectivity index (χ2v) is 5.70. The molecule has 2 aromatic rings. The van der Waals surface area contributed by atoms with Crippen LogP contribution >= 0.6 is 15.9 Å². The second-order valence-electron chi connectivity index (χ2n) is 4.79. The molecule has 0 aliphatic heterocycles. The molecule has 0 saturated carbocycles. The van der Waals surface area contributed by atoms with Gasteiger partial charge in [-0.05, 0) is 32.3 Å². The molecular formula is C13H14BrF3N4. The molecule has 0 radical (unpaired) electrons. The van der Waals surface area contributed by atoms with Crippen molar-refractivity contribution in [3.05, 3.63) is 28.5 Å². The summed E-state index contributed by atoms with van der Waals surface area (Å²) in [6.45, 7) is 1.17. The molecule has 21 heavy (non-hydrogen) atoms. The van der Waals surface area contributed by atoms with E-state index in [1.54, 1.807) is 12.1 Å². The van der Waals surface area contributed by atoms with Crippen LogP contribution in [0.1, 0.15) is 5.82 Å². The molecule has 4 nitrogen and oxygen atoms in total. The minimum atomic E-state index is -4.57. The number of hydrogen-bond acceptors (Lipinski definition) is 4. The summed E-state index contributed by atoms with van der Waals surface area (Å²) in [5, 5.41) is 3.50. The minimum Gasteiger partial charge on any atom is -0.368 e. The van der Waals surface area contributed by atoms with Crippen molar-refractivity contribution in [1.82, 2.24) is 14.9 Å². The Kier molecular flexibility index (Phi) is 4.67. The van der Waals surface area contributed by atoms with Gasteiger partial charge in [-0.25, -0.2) is 9.97 Å². The molecule has 0 unspecified atom stereocenters. The zero-order chi connectivity index (χ0) is 15.6. The predicted molar refractivity (Wildman–Crippen MR) is 79.3 cm³/mol. The summed E-state index contributed by atoms with van der Waals surface area (Å²) >= 11 is 3.30. The lowest BCUT2D eigenvalue weighted by Gasteiger charge is -2.14. The fraction of sp³-hybridized carbons (Fsp3) is 0.385. The maximum Gasteiger partial charge on any atom is 0.451 e. The Labute approximate surface area is 128 Å². The summed E-state index contributed by atoms with van der Waals surface area (Å²) < 4.78 is 39.3. The zero-order valence-corrected chi connectivity index (χ0v) is 13.1. The van der Waals surface area contributed by atoms with Crippen LogP contribution in [0.5, 0.6) is 0 Å². The number of benzene rings is 1. The third kappa shape index (κ3) is 4.04. The third-order valence-electron chi connectivity index (χ3n) is 2.76. The van der Waals surface area contributed by atoms with E-state index in [1.165, 1.54) is 6.07 Å². The molecule has 114 valence electrons. The van der Waals surface area contributed by atoms with Crippen molar-refractivity contribution in [2.45, 2.75) is 6.18 Å². The van der Waals surface area contributed by atoms with Gasteiger partial charge in [0.15, 0.2) is 0 Å². The Morgan fingerprint density at radius 3 is 2.57 bits per heavy atom. The number of alkyl halides is 3. The van der Waals surface area contributed by atoms with Crippen LogP contribution < -0.4 is 5.32 Å². The molecule has 0 spiro atoms. The van der Waals surface area contributed by atoms with Crippen LogP contribution in [0, 0.1) is 0 Å². The maximum atomic E-state index is 12.9. The van der Waals surface area contributed by atoms with Gasteiger partial charge in [-0.15, -0.1) is 0 Å². The molecule has 1 N–H and O–H groups in total. The van der Waals surface area contributed by atoms with Gasteiger partial charge in [0.25, 0.3) is 0 Å². The number of nitrogens with zero attached hydrogens (tertiary/aromatic N) is 3. The SMILES string of the molecule is CN(C)CCNc1nc(C(F)(F)F)nc2ccc(Br)cc12. The summed E-state index contributed by atoms with van der Waals surface area (Å²) in [6, 6.07) is 4.89. The monoisotopic (exact) mass is 362 g/mol. The normalized spacial score (nSPS) is 12.1. The first-order chi connectivity index (χ1) is 9.77. The Morgan fingerprint density at radius 1 is 1.24 bits per heavy atom. The third-order valence-corrected chi connectivity index (χ3v) is 3.26. The van der Waals surface area contributed by atoms with Gasteiger partial charge in [0, 0.05) is 22.9 Å². The van der Waals surface area contributed by atoms with Gasteiger partial charge < -0.3 is 10.2 Å². The Morgan fingerprint density at radius 2 is 1.95 bits per heavy atom. The molecule has 0 fully saturated rings. The molecule has 0 amide bonds. The van der Waals surface area contributed by atoms with E-state index in [4.69, 9.17) is 0 Å². The predicted octanol–water partition coefficient (Wildman–Crippen LogP) is 3.38. The van der Waals surface area contributed by atoms with Crippen molar-refractivity contribution in [1.29, 1.82) is 0 Å². The highest BCUT2D eigenvalue weighted by Crippen LogP contribution is 2.31. The van der Waals surface area contributed by atoms with E-state index in [-0.39, 0.29) is 11.3 Å². The van der Waals surface area contributed by atoms with Gasteiger partial charge >= 0.3 is 6.18 Å². The van der Waals surface area contributed by atoms with Crippen LogP contribution in [0.25, 0.3) is 10.9 Å². The first kappa shape index (κ1) is 16.0. The molecule has 0 saturated heterocycles. The summed E-state index contributed by atoms with van der Waals surface area (Å²) in [7, 11) is 3.77. The van der Waals surface area contributed by atoms with Gasteiger partial charge in [-0.3, -0.25) is 0 Å². The van der Waals surface area contributed by atoms with Crippen molar-refractivity contribution in [2.24, 2.45) is 0 Å². The lowest BCUT2D eigenvalue weighted by molar-refractivity contribution is -0.144. The summed E-state index contributed by atoms with van der Waals surface area (Å²) in [4.78, 5) is 9.14. The van der Waals surface area contributed by atoms with Gasteiger partial charge in [0.1, 0.15) is 5.82 Å². The van der Waals surface area contributed by atoms with Crippen molar-refractivity contribution >= 4 is 32.7 Å². The Bertz CT molecular complexity index is 643. The molecule has 8 heteroatoms. The lowest BCUT2D eigenvalue weighted by atomic mass is 10.2. The molecule has 0 bridgehead atoms. The number of fused-ring (bicyclic) bond motifs is 1. The average Bonchev–Trinajstić information content (AvgIpc) is 2.37. The summed E-state index contributed by atoms with van der Waals surface area (Å²) in [5.41, 5.74) is 0.257. The average molecular weight is 363 g/mol. The minimum absolute atomic E-state index is 0.190. The topological polar surface area (TPSA) is 41.0 Å². The standard InChI is InChI=1S/C13H14BrF3N4/c1-21(2)6-5-18-11-9-7-8(14)3-4-10(9)19-12(20-11)13(15,16)17/h3-4,7H,5-6H2,1-2H3,(H,18,19,20). The fourth-order valence-electron chi connectivity index (χ4n) is 1.76. The summed E-state index contributed by atoms with van der Waals surface area (Å²) in [6.07, 6.45) is -4.57. The largest absolute Gasteiger partial charge is 0.451 e. The van der Waals surface area contributed by atoms with Crippen molar-refractivity contribution < 1.29 is 13.2 Å². The number of halogens is 4. The van der Waals surface area contributed by atoms with Crippen LogP contribution in [0.2, 0.25) is 0 Å². The van der Waals surface area contributed by atoms with Crippen molar-refractivity contribution in [3.8, 4) is 0 Å². The molecule has 2 rings (SSSR count). The van der Waals surface area contributed by atoms with E-state index in [9.17, 15) is 13.2 Å². The Hall–Kier alpha value is -1.41. The number of likely N-dealkylation sites (N-methyl/N-ethyl adjacent to an activating group) is 1. The highest BCUT2D eigenvalue weighted by Gasteiger charge is 2.35. The molecular weight excluding hydrogens is 349 g/mol. The van der Waals surface area contributed by atoms with Crippen molar-refractivity contribution in [2.75, 3.05) is 32.5 Å². The van der Waals surface area contributed by atoms with E-state index < -0.39 is 12.0 Å². The van der Waals surface area contributed by atoms with Gasteiger partial charge in [-0.2, -0.15) is 13.2 Å². The molecule has 1 heterocycles. The van der Waals surface area contributed by atoms with Crippen LogP contribution in [0.3, 0.4) is 0 Å². The number of nitrogens with one attached hydrogen (secondary N) is 1. The van der Waals surface area contributed by atoms with Gasteiger partial charge in [0.2, 0.25) is 5.82 Å². The quantitative estimate of drug-likeness (QED) is 0.904. The highest BCUT2D eigenvalue weighted by atomic mass is 79.9. The van der Waals surface area contributed by atoms with Crippen LogP contribution in [-0.2, 0) is 6.18 Å². The number of aromatic nitrogens is 2. The Balaban J connectivity index is 2.45. The highest BCUT2D eigenvalue weighted by molar-refractivity contribution is 9.10. The molecule has 0 aliphatic rings. The molecule has 0 atom stereocenters. The number of rotatable bonds is 4. The van der Waals surface area contributed by atoms with E-state index in [2.05, 4.69) is 31.2 Å². The van der Waals surface area contributed by atoms with E-state index >= 15 is 0 Å². The smallest absolute Gasteiger partial charge is 0.368 e. The maximum absolute atomic E-state index is 12.9. The second kappa shape index (κ2) is 6.15. The number of anilines is 1. The van der Waals surface area contributed by atoms with E-state index in [0.29, 0.717) is 18.5 Å². The molecule has 1 aromatic carbocycles. The molecule has 0 aliphatic carbocycles. The van der Waals surface area contributed by atoms with Crippen LogP contribution in [0.4, 0.5) is 19.0 Å². The van der Waals surface area contributed by atoms with Gasteiger partial charge in [-0.1, -0.05) is 15.9 Å². The van der Waals surface area contributed by atoms with Gasteiger partial charge in [0.05, 0.1) is 5.52 Å². The first-order valence-electron chi connectivity index (χ1n) is 6.20. The molecule has 1 aromatic heterocycles. The fourth-order valence-corrected chi connectivity index (χ4v) is 2.12. The van der Waals surface area contributed by atoms with Crippen LogP contribution in [0.15, 0.2) is 22.7 Å². The lowest BCUT2D eigenvalue weighted by Crippen LogP contribution is -2.22. The first-order valence-corrected chi connectivity index (χ1v) is 7.00. The van der Waals surface area contributed by atoms with Crippen molar-refractivity contribution in [3.63, 3.8) is 0 Å². The summed E-state index contributed by atoms with van der Waals surface area (Å²) in [5.74, 6) is -0.944.